The van der Waals surface area contributed by atoms with Gasteiger partial charge in [-0.15, -0.1) is 0 Å². The molecule has 8 heteroatoms. The molecule has 1 aliphatic heterocycles. The second-order valence-corrected chi connectivity index (χ2v) is 8.75. The summed E-state index contributed by atoms with van der Waals surface area (Å²) in [5, 5.41) is 7.30. The Hall–Kier alpha value is -2.64. The fraction of sp³-hybridized carbons (Fsp3) is 0.250. The smallest absolute Gasteiger partial charge is 0.257 e. The van der Waals surface area contributed by atoms with E-state index in [1.807, 2.05) is 24.3 Å². The summed E-state index contributed by atoms with van der Waals surface area (Å²) in [6, 6.07) is 16.4. The van der Waals surface area contributed by atoms with Crippen LogP contribution in [0.5, 0.6) is 0 Å². The highest BCUT2D eigenvalue weighted by Gasteiger charge is 2.15. The van der Waals surface area contributed by atoms with Gasteiger partial charge in [0.1, 0.15) is 0 Å². The molecule has 166 valence electrons. The average Bonchev–Trinajstić information content (AvgIpc) is 2.78. The van der Waals surface area contributed by atoms with Crippen LogP contribution in [0.4, 0.5) is 17.1 Å². The molecule has 0 atom stereocenters. The molecule has 2 N–H and O–H groups in total. The summed E-state index contributed by atoms with van der Waals surface area (Å²) in [4.78, 5) is 21.9. The third-order valence-corrected chi connectivity index (χ3v) is 5.96. The highest BCUT2D eigenvalue weighted by Crippen LogP contribution is 2.29. The number of nitrogens with one attached hydrogen (secondary N) is 2. The number of hydrogen-bond donors (Lipinski definition) is 2. The number of rotatable bonds is 6. The van der Waals surface area contributed by atoms with E-state index < -0.39 is 0 Å². The van der Waals surface area contributed by atoms with Crippen LogP contribution >= 0.6 is 23.2 Å². The number of hydrogen-bond acceptors (Lipinski definition) is 5. The van der Waals surface area contributed by atoms with Gasteiger partial charge in [0.25, 0.3) is 5.91 Å². The maximum absolute atomic E-state index is 12.7. The molecule has 0 spiro atoms. The average molecular weight is 470 g/mol. The van der Waals surface area contributed by atoms with Gasteiger partial charge in [-0.1, -0.05) is 29.3 Å². The van der Waals surface area contributed by atoms with Crippen LogP contribution in [0, 0.1) is 0 Å². The van der Waals surface area contributed by atoms with Crippen molar-refractivity contribution in [3.05, 3.63) is 82.1 Å². The first-order valence-corrected chi connectivity index (χ1v) is 11.2. The lowest BCUT2D eigenvalue weighted by Crippen LogP contribution is -2.44. The molecule has 0 radical (unpaired) electrons. The standard InChI is InChI=1S/C24H25Cl2N5O/c1-30-9-11-31(12-10-30)16-21-6-5-17(15-27-21)24(32)29-20-7-8-22(26)23(14-20)28-19-4-2-3-18(25)13-19/h2-8,13-15,28H,9-12,16H2,1H3,(H,29,32). The van der Waals surface area contributed by atoms with Crippen molar-refractivity contribution in [3.8, 4) is 0 Å². The fourth-order valence-corrected chi connectivity index (χ4v) is 3.87. The van der Waals surface area contributed by atoms with Crippen LogP contribution < -0.4 is 10.6 Å². The molecule has 1 fully saturated rings. The van der Waals surface area contributed by atoms with Crippen LogP contribution in [-0.4, -0.2) is 53.9 Å². The SMILES string of the molecule is CN1CCN(Cc2ccc(C(=O)Nc3ccc(Cl)c(Nc4cccc(Cl)c4)c3)cn2)CC1. The molecular formula is C24H25Cl2N5O. The van der Waals surface area contributed by atoms with Crippen molar-refractivity contribution < 1.29 is 4.79 Å². The van der Waals surface area contributed by atoms with Crippen molar-refractivity contribution in [1.29, 1.82) is 0 Å². The molecule has 1 aliphatic rings. The monoisotopic (exact) mass is 469 g/mol. The van der Waals surface area contributed by atoms with Crippen LogP contribution in [0.1, 0.15) is 16.1 Å². The Labute approximate surface area is 198 Å². The number of aromatic nitrogens is 1. The molecule has 0 unspecified atom stereocenters. The van der Waals surface area contributed by atoms with Crippen LogP contribution in [-0.2, 0) is 6.54 Å². The Balaban J connectivity index is 1.39. The number of halogens is 2. The number of carbonyl (C=O) groups excluding carboxylic acids is 1. The molecule has 1 saturated heterocycles. The summed E-state index contributed by atoms with van der Waals surface area (Å²) in [6.07, 6.45) is 1.63. The maximum atomic E-state index is 12.7. The molecule has 2 aromatic carbocycles. The minimum absolute atomic E-state index is 0.223. The van der Waals surface area contributed by atoms with Gasteiger partial charge in [0.15, 0.2) is 0 Å². The minimum Gasteiger partial charge on any atom is -0.354 e. The molecular weight excluding hydrogens is 445 g/mol. The van der Waals surface area contributed by atoms with E-state index in [4.69, 9.17) is 23.2 Å². The van der Waals surface area contributed by atoms with E-state index in [9.17, 15) is 4.79 Å². The molecule has 0 aliphatic carbocycles. The van der Waals surface area contributed by atoms with Gasteiger partial charge in [-0.3, -0.25) is 14.7 Å². The summed E-state index contributed by atoms with van der Waals surface area (Å²) < 4.78 is 0. The lowest BCUT2D eigenvalue weighted by molar-refractivity contribution is 0.102. The van der Waals surface area contributed by atoms with Gasteiger partial charge >= 0.3 is 0 Å². The largest absolute Gasteiger partial charge is 0.354 e. The lowest BCUT2D eigenvalue weighted by atomic mass is 10.2. The van der Waals surface area contributed by atoms with Gasteiger partial charge in [0.2, 0.25) is 0 Å². The number of pyridine rings is 1. The Bertz CT molecular complexity index is 1080. The molecule has 2 heterocycles. The van der Waals surface area contributed by atoms with Gasteiger partial charge < -0.3 is 15.5 Å². The van der Waals surface area contributed by atoms with Crippen molar-refractivity contribution in [2.45, 2.75) is 6.54 Å². The predicted molar refractivity (Wildman–Crippen MR) is 131 cm³/mol. The van der Waals surface area contributed by atoms with Crippen molar-refractivity contribution in [3.63, 3.8) is 0 Å². The quantitative estimate of drug-likeness (QED) is 0.523. The molecule has 32 heavy (non-hydrogen) atoms. The predicted octanol–water partition coefficient (Wildman–Crippen LogP) is 5.13. The third-order valence-electron chi connectivity index (χ3n) is 5.40. The Morgan fingerprint density at radius 1 is 1.00 bits per heavy atom. The maximum Gasteiger partial charge on any atom is 0.257 e. The Morgan fingerprint density at radius 3 is 2.53 bits per heavy atom. The number of benzene rings is 2. The number of piperazine rings is 1. The zero-order valence-electron chi connectivity index (χ0n) is 17.8. The van der Waals surface area contributed by atoms with Crippen LogP contribution in [0.25, 0.3) is 0 Å². The van der Waals surface area contributed by atoms with Gasteiger partial charge in [0.05, 0.1) is 22.0 Å². The zero-order chi connectivity index (χ0) is 22.5. The summed E-state index contributed by atoms with van der Waals surface area (Å²) in [7, 11) is 2.14. The van der Waals surface area contributed by atoms with Crippen LogP contribution in [0.2, 0.25) is 10.0 Å². The van der Waals surface area contributed by atoms with Crippen LogP contribution in [0.3, 0.4) is 0 Å². The topological polar surface area (TPSA) is 60.5 Å². The fourth-order valence-electron chi connectivity index (χ4n) is 3.51. The minimum atomic E-state index is -0.223. The van der Waals surface area contributed by atoms with E-state index in [-0.39, 0.29) is 5.91 Å². The Kier molecular flexibility index (Phi) is 7.27. The summed E-state index contributed by atoms with van der Waals surface area (Å²) in [6.45, 7) is 4.99. The highest BCUT2D eigenvalue weighted by atomic mass is 35.5. The normalized spacial score (nSPS) is 14.8. The van der Waals surface area contributed by atoms with E-state index in [2.05, 4.69) is 32.5 Å². The molecule has 3 aromatic rings. The third kappa shape index (κ3) is 5.99. The first-order chi connectivity index (χ1) is 15.5. The second-order valence-electron chi connectivity index (χ2n) is 7.90. The van der Waals surface area contributed by atoms with Crippen molar-refractivity contribution in [2.24, 2.45) is 0 Å². The molecule has 6 nitrogen and oxygen atoms in total. The van der Waals surface area contributed by atoms with Gasteiger partial charge in [-0.05, 0) is 55.6 Å². The first kappa shape index (κ1) is 22.6. The van der Waals surface area contributed by atoms with E-state index in [0.29, 0.717) is 27.0 Å². The van der Waals surface area contributed by atoms with Gasteiger partial charge in [-0.25, -0.2) is 0 Å². The number of nitrogens with zero attached hydrogens (tertiary/aromatic N) is 3. The summed E-state index contributed by atoms with van der Waals surface area (Å²) in [5.41, 5.74) is 3.58. The van der Waals surface area contributed by atoms with Crippen LogP contribution in [0.15, 0.2) is 60.8 Å². The van der Waals surface area contributed by atoms with E-state index >= 15 is 0 Å². The van der Waals surface area contributed by atoms with Gasteiger partial charge in [-0.2, -0.15) is 0 Å². The summed E-state index contributed by atoms with van der Waals surface area (Å²) in [5.74, 6) is -0.223. The lowest BCUT2D eigenvalue weighted by Gasteiger charge is -2.32. The number of carbonyl (C=O) groups is 1. The summed E-state index contributed by atoms with van der Waals surface area (Å²) >= 11 is 12.4. The number of anilines is 3. The van der Waals surface area contributed by atoms with Crippen molar-refractivity contribution in [1.82, 2.24) is 14.8 Å². The molecule has 1 amide bonds. The first-order valence-electron chi connectivity index (χ1n) is 10.5. The molecule has 4 rings (SSSR count). The molecule has 0 bridgehead atoms. The van der Waals surface area contributed by atoms with E-state index in [1.165, 1.54) is 0 Å². The van der Waals surface area contributed by atoms with E-state index in [1.54, 1.807) is 36.5 Å². The van der Waals surface area contributed by atoms with Crippen molar-refractivity contribution >= 4 is 46.2 Å². The number of amides is 1. The Morgan fingerprint density at radius 2 is 1.81 bits per heavy atom. The zero-order valence-corrected chi connectivity index (χ0v) is 19.3. The van der Waals surface area contributed by atoms with E-state index in [0.717, 1.165) is 44.1 Å². The molecule has 0 saturated carbocycles. The highest BCUT2D eigenvalue weighted by molar-refractivity contribution is 6.33. The van der Waals surface area contributed by atoms with Crippen molar-refractivity contribution in [2.75, 3.05) is 43.9 Å². The second kappa shape index (κ2) is 10.3. The van der Waals surface area contributed by atoms with Gasteiger partial charge in [0, 0.05) is 55.3 Å². The number of likely N-dealkylation sites (N-methyl/N-ethyl adjacent to an activating group) is 1. The molecule has 1 aromatic heterocycles.